The topological polar surface area (TPSA) is 60.8 Å². The lowest BCUT2D eigenvalue weighted by Gasteiger charge is -2.09. The number of hydrogen-bond acceptors (Lipinski definition) is 5. The normalized spacial score (nSPS) is 10.6. The van der Waals surface area contributed by atoms with Crippen LogP contribution in [0.25, 0.3) is 0 Å². The van der Waals surface area contributed by atoms with Gasteiger partial charge in [0, 0.05) is 25.7 Å². The minimum atomic E-state index is -0.491. The van der Waals surface area contributed by atoms with Crippen molar-refractivity contribution in [1.29, 1.82) is 0 Å². The number of halogens is 1. The Morgan fingerprint density at radius 2 is 2.11 bits per heavy atom. The van der Waals surface area contributed by atoms with Gasteiger partial charge in [0.25, 0.3) is 0 Å². The molecule has 0 amide bonds. The fourth-order valence-corrected chi connectivity index (χ4v) is 1.29. The molecule has 102 valence electrons. The van der Waals surface area contributed by atoms with Gasteiger partial charge in [0.15, 0.2) is 0 Å². The molecular formula is C12H18FNO4. The van der Waals surface area contributed by atoms with Crippen molar-refractivity contribution in [3.8, 4) is 5.88 Å². The Morgan fingerprint density at radius 3 is 2.83 bits per heavy atom. The van der Waals surface area contributed by atoms with Crippen LogP contribution in [-0.4, -0.2) is 43.6 Å². The zero-order valence-corrected chi connectivity index (χ0v) is 10.4. The molecule has 0 atom stereocenters. The molecule has 0 bridgehead atoms. The Morgan fingerprint density at radius 1 is 1.28 bits per heavy atom. The minimum Gasteiger partial charge on any atom is -0.477 e. The van der Waals surface area contributed by atoms with Crippen molar-refractivity contribution in [2.45, 2.75) is 13.0 Å². The van der Waals surface area contributed by atoms with Gasteiger partial charge in [0.2, 0.25) is 5.88 Å². The molecule has 0 radical (unpaired) electrons. The summed E-state index contributed by atoms with van der Waals surface area (Å²) in [5.41, 5.74) is 0.343. The van der Waals surface area contributed by atoms with Gasteiger partial charge in [-0.25, -0.2) is 9.37 Å². The van der Waals surface area contributed by atoms with Gasteiger partial charge in [0.1, 0.15) is 5.82 Å². The van der Waals surface area contributed by atoms with E-state index in [1.165, 1.54) is 6.07 Å². The second kappa shape index (κ2) is 8.79. The summed E-state index contributed by atoms with van der Waals surface area (Å²) in [6, 6.07) is 1.21. The number of hydrogen-bond donors (Lipinski definition) is 1. The summed E-state index contributed by atoms with van der Waals surface area (Å²) < 4.78 is 28.3. The van der Waals surface area contributed by atoms with E-state index >= 15 is 0 Å². The Bertz CT molecular complexity index is 349. The maximum absolute atomic E-state index is 12.8. The van der Waals surface area contributed by atoms with E-state index in [1.54, 1.807) is 7.11 Å². The highest BCUT2D eigenvalue weighted by molar-refractivity contribution is 5.25. The molecular weight excluding hydrogens is 241 g/mol. The van der Waals surface area contributed by atoms with Crippen molar-refractivity contribution in [2.24, 2.45) is 0 Å². The number of aromatic nitrogens is 1. The van der Waals surface area contributed by atoms with E-state index in [0.29, 0.717) is 38.4 Å². The largest absolute Gasteiger partial charge is 0.477 e. The molecule has 1 heterocycles. The van der Waals surface area contributed by atoms with E-state index in [4.69, 9.17) is 19.3 Å². The maximum Gasteiger partial charge on any atom is 0.219 e. The molecule has 1 aromatic heterocycles. The molecule has 0 aliphatic rings. The van der Waals surface area contributed by atoms with Crippen molar-refractivity contribution < 1.29 is 23.7 Å². The van der Waals surface area contributed by atoms with Crippen LogP contribution < -0.4 is 4.74 Å². The van der Waals surface area contributed by atoms with E-state index in [2.05, 4.69) is 4.98 Å². The fourth-order valence-electron chi connectivity index (χ4n) is 1.29. The van der Waals surface area contributed by atoms with Gasteiger partial charge in [-0.3, -0.25) is 0 Å². The zero-order chi connectivity index (χ0) is 13.2. The lowest BCUT2D eigenvalue weighted by atomic mass is 10.3. The molecule has 0 spiro atoms. The predicted molar refractivity (Wildman–Crippen MR) is 62.9 cm³/mol. The van der Waals surface area contributed by atoms with Crippen LogP contribution in [0.3, 0.4) is 0 Å². The first-order chi connectivity index (χ1) is 8.77. The average molecular weight is 259 g/mol. The van der Waals surface area contributed by atoms with E-state index in [0.717, 1.165) is 6.20 Å². The van der Waals surface area contributed by atoms with Crippen molar-refractivity contribution in [1.82, 2.24) is 4.98 Å². The van der Waals surface area contributed by atoms with Crippen LogP contribution in [0.4, 0.5) is 4.39 Å². The lowest BCUT2D eigenvalue weighted by molar-refractivity contribution is 0.0640. The third-order valence-electron chi connectivity index (χ3n) is 2.17. The summed E-state index contributed by atoms with van der Waals surface area (Å²) in [6.45, 7) is 1.77. The molecule has 0 aliphatic carbocycles. The molecule has 6 heteroatoms. The first kappa shape index (κ1) is 14.8. The van der Waals surface area contributed by atoms with Crippen molar-refractivity contribution in [3.05, 3.63) is 23.6 Å². The molecule has 18 heavy (non-hydrogen) atoms. The molecule has 1 aromatic rings. The van der Waals surface area contributed by atoms with Crippen LogP contribution in [0.1, 0.15) is 12.0 Å². The summed E-state index contributed by atoms with van der Waals surface area (Å²) in [6.07, 6.45) is 1.75. The fraction of sp³-hybridized carbons (Fsp3) is 0.583. The second-order valence-corrected chi connectivity index (χ2v) is 3.58. The number of aliphatic hydroxyl groups is 1. The highest BCUT2D eigenvalue weighted by Crippen LogP contribution is 2.16. The highest BCUT2D eigenvalue weighted by Gasteiger charge is 2.05. The standard InChI is InChI=1S/C12H18FNO4/c1-16-5-6-17-3-2-4-18-12-10(9-15)7-11(13)8-14-12/h7-8,15H,2-6,9H2,1H3. The number of nitrogens with zero attached hydrogens (tertiary/aromatic N) is 1. The predicted octanol–water partition coefficient (Wildman–Crippen LogP) is 1.14. The van der Waals surface area contributed by atoms with E-state index in [1.807, 2.05) is 0 Å². The van der Waals surface area contributed by atoms with Crippen molar-refractivity contribution in [2.75, 3.05) is 33.5 Å². The van der Waals surface area contributed by atoms with E-state index < -0.39 is 5.82 Å². The molecule has 0 saturated carbocycles. The first-order valence-electron chi connectivity index (χ1n) is 5.72. The van der Waals surface area contributed by atoms with Crippen LogP contribution in [0, 0.1) is 5.82 Å². The Hall–Kier alpha value is -1.24. The van der Waals surface area contributed by atoms with Crippen LogP contribution >= 0.6 is 0 Å². The zero-order valence-electron chi connectivity index (χ0n) is 10.4. The molecule has 1 rings (SSSR count). The SMILES string of the molecule is COCCOCCCOc1ncc(F)cc1CO. The number of rotatable bonds is 9. The highest BCUT2D eigenvalue weighted by atomic mass is 19.1. The van der Waals surface area contributed by atoms with Gasteiger partial charge in [0.05, 0.1) is 32.6 Å². The molecule has 0 saturated heterocycles. The number of methoxy groups -OCH3 is 1. The molecule has 1 N–H and O–H groups in total. The minimum absolute atomic E-state index is 0.260. The number of ether oxygens (including phenoxy) is 3. The summed E-state index contributed by atoms with van der Waals surface area (Å²) in [5, 5.41) is 9.02. The van der Waals surface area contributed by atoms with Crippen LogP contribution in [0.2, 0.25) is 0 Å². The lowest BCUT2D eigenvalue weighted by Crippen LogP contribution is -2.08. The Kier molecular flexibility index (Phi) is 7.24. The molecule has 0 aromatic carbocycles. The quantitative estimate of drug-likeness (QED) is 0.674. The van der Waals surface area contributed by atoms with Crippen LogP contribution in [0.15, 0.2) is 12.3 Å². The molecule has 5 nitrogen and oxygen atoms in total. The third-order valence-corrected chi connectivity index (χ3v) is 2.17. The second-order valence-electron chi connectivity index (χ2n) is 3.58. The third kappa shape index (κ3) is 5.39. The summed E-state index contributed by atoms with van der Waals surface area (Å²) in [4.78, 5) is 3.78. The molecule has 0 aliphatic heterocycles. The van der Waals surface area contributed by atoms with E-state index in [-0.39, 0.29) is 12.5 Å². The van der Waals surface area contributed by atoms with Crippen molar-refractivity contribution >= 4 is 0 Å². The summed E-state index contributed by atoms with van der Waals surface area (Å²) in [7, 11) is 1.61. The van der Waals surface area contributed by atoms with E-state index in [9.17, 15) is 4.39 Å². The van der Waals surface area contributed by atoms with Gasteiger partial charge in [-0.05, 0) is 6.07 Å². The van der Waals surface area contributed by atoms with Gasteiger partial charge < -0.3 is 19.3 Å². The maximum atomic E-state index is 12.8. The summed E-state index contributed by atoms with van der Waals surface area (Å²) >= 11 is 0. The Labute approximate surface area is 106 Å². The smallest absolute Gasteiger partial charge is 0.219 e. The van der Waals surface area contributed by atoms with Gasteiger partial charge in [-0.1, -0.05) is 0 Å². The molecule has 0 unspecified atom stereocenters. The van der Waals surface area contributed by atoms with Gasteiger partial charge in [-0.15, -0.1) is 0 Å². The summed E-state index contributed by atoms with van der Waals surface area (Å²) in [5.74, 6) is -0.231. The van der Waals surface area contributed by atoms with Crippen LogP contribution in [0.5, 0.6) is 5.88 Å². The van der Waals surface area contributed by atoms with Crippen LogP contribution in [-0.2, 0) is 16.1 Å². The van der Waals surface area contributed by atoms with Gasteiger partial charge in [-0.2, -0.15) is 0 Å². The van der Waals surface area contributed by atoms with Gasteiger partial charge >= 0.3 is 0 Å². The van der Waals surface area contributed by atoms with Crippen molar-refractivity contribution in [3.63, 3.8) is 0 Å². The number of aliphatic hydroxyl groups excluding tert-OH is 1. The first-order valence-corrected chi connectivity index (χ1v) is 5.72. The molecule has 0 fully saturated rings. The average Bonchev–Trinajstić information content (AvgIpc) is 2.39. The number of pyridine rings is 1. The monoisotopic (exact) mass is 259 g/mol. The Balaban J connectivity index is 2.22.